The molecule has 0 fully saturated rings. The largest absolute Gasteiger partial charge is 0.499 e. The van der Waals surface area contributed by atoms with Gasteiger partial charge in [-0.05, 0) is 37.8 Å². The molecule has 0 radical (unpaired) electrons. The van der Waals surface area contributed by atoms with Gasteiger partial charge in [-0.3, -0.25) is 9.05 Å². The molecule has 0 rings (SSSR count). The average Bonchev–Trinajstić information content (AvgIpc) is 3.15. The van der Waals surface area contributed by atoms with E-state index in [0.29, 0.717) is 26.4 Å². The van der Waals surface area contributed by atoms with E-state index in [0.717, 1.165) is 12.8 Å². The van der Waals surface area contributed by atoms with Crippen LogP contribution in [0.15, 0.2) is 24.7 Å². The maximum Gasteiger partial charge on any atom is 0.472 e. The fourth-order valence-electron chi connectivity index (χ4n) is 6.20. The lowest BCUT2D eigenvalue weighted by Gasteiger charge is -2.12. The zero-order valence-corrected chi connectivity index (χ0v) is 35.8. The normalized spacial score (nSPS) is 13.0. The van der Waals surface area contributed by atoms with Gasteiger partial charge in [-0.15, -0.1) is 0 Å². The van der Waals surface area contributed by atoms with Gasteiger partial charge in [0.15, 0.2) is 0 Å². The Morgan fingerprint density at radius 3 is 0.943 bits per heavy atom. The Labute approximate surface area is 328 Å². The monoisotopic (exact) mass is 775 g/mol. The van der Waals surface area contributed by atoms with Gasteiger partial charge in [0.1, 0.15) is 13.2 Å². The number of ether oxygens (including phenoxy) is 4. The molecule has 0 amide bonds. The highest BCUT2D eigenvalue weighted by Gasteiger charge is 2.20. The SMILES string of the molecule is CCCCCCCCCCCCCCCCC=COCCOCCOP(=O)(O)OCCOCCOC=CCCCCCCCCCCCCCCCC. The minimum atomic E-state index is -4.13. The molecule has 0 unspecified atom stereocenters. The molecular formula is C44H87O8P. The molecule has 316 valence electrons. The van der Waals surface area contributed by atoms with Crippen LogP contribution in [0.25, 0.3) is 0 Å². The summed E-state index contributed by atoms with van der Waals surface area (Å²) in [6.45, 7) is 6.46. The smallest absolute Gasteiger partial charge is 0.472 e. The molecule has 0 aromatic heterocycles. The summed E-state index contributed by atoms with van der Waals surface area (Å²) in [7, 11) is -4.13. The Morgan fingerprint density at radius 1 is 0.377 bits per heavy atom. The summed E-state index contributed by atoms with van der Waals surface area (Å²) in [6, 6.07) is 0. The second-order valence-corrected chi connectivity index (χ2v) is 16.1. The first-order chi connectivity index (χ1) is 26.1. The lowest BCUT2D eigenvalue weighted by atomic mass is 10.0. The molecule has 0 aliphatic rings. The van der Waals surface area contributed by atoms with Crippen molar-refractivity contribution in [2.75, 3.05) is 52.9 Å². The van der Waals surface area contributed by atoms with Gasteiger partial charge in [0.2, 0.25) is 0 Å². The van der Waals surface area contributed by atoms with E-state index < -0.39 is 7.82 Å². The van der Waals surface area contributed by atoms with Crippen LogP contribution in [0.3, 0.4) is 0 Å². The van der Waals surface area contributed by atoms with Gasteiger partial charge in [0.05, 0.1) is 52.2 Å². The minimum Gasteiger partial charge on any atom is -0.499 e. The Kier molecular flexibility index (Phi) is 44.7. The molecule has 0 aromatic rings. The van der Waals surface area contributed by atoms with Gasteiger partial charge >= 0.3 is 7.82 Å². The van der Waals surface area contributed by atoms with E-state index in [2.05, 4.69) is 26.0 Å². The molecule has 53 heavy (non-hydrogen) atoms. The van der Waals surface area contributed by atoms with Crippen molar-refractivity contribution in [1.29, 1.82) is 0 Å². The number of rotatable bonds is 46. The number of phosphoric ester groups is 1. The van der Waals surface area contributed by atoms with E-state index in [1.807, 2.05) is 0 Å². The summed E-state index contributed by atoms with van der Waals surface area (Å²) in [6.07, 6.45) is 48.1. The van der Waals surface area contributed by atoms with Gasteiger partial charge in [-0.2, -0.15) is 0 Å². The number of allylic oxidation sites excluding steroid dienone is 2. The van der Waals surface area contributed by atoms with Crippen LogP contribution in [0.2, 0.25) is 0 Å². The topological polar surface area (TPSA) is 92.7 Å². The van der Waals surface area contributed by atoms with Crippen molar-refractivity contribution in [3.8, 4) is 0 Å². The van der Waals surface area contributed by atoms with Crippen LogP contribution in [-0.2, 0) is 32.6 Å². The first kappa shape index (κ1) is 52.1. The number of phosphoric acid groups is 1. The van der Waals surface area contributed by atoms with Crippen LogP contribution >= 0.6 is 7.82 Å². The maximum absolute atomic E-state index is 12.0. The maximum atomic E-state index is 12.0. The Morgan fingerprint density at radius 2 is 0.642 bits per heavy atom. The fraction of sp³-hybridized carbons (Fsp3) is 0.909. The van der Waals surface area contributed by atoms with Crippen LogP contribution < -0.4 is 0 Å². The molecule has 0 spiro atoms. The Balaban J connectivity index is 3.33. The highest BCUT2D eigenvalue weighted by atomic mass is 31.2. The minimum absolute atomic E-state index is 0.0386. The van der Waals surface area contributed by atoms with Crippen molar-refractivity contribution < 1.29 is 37.5 Å². The van der Waals surface area contributed by atoms with Crippen LogP contribution in [-0.4, -0.2) is 57.7 Å². The fourth-order valence-corrected chi connectivity index (χ4v) is 6.89. The molecule has 0 saturated carbocycles. The summed E-state index contributed by atoms with van der Waals surface area (Å²) in [5.41, 5.74) is 0. The highest BCUT2D eigenvalue weighted by molar-refractivity contribution is 7.47. The summed E-state index contributed by atoms with van der Waals surface area (Å²) >= 11 is 0. The van der Waals surface area contributed by atoms with E-state index in [1.165, 1.54) is 180 Å². The van der Waals surface area contributed by atoms with E-state index in [9.17, 15) is 9.46 Å². The molecule has 0 heterocycles. The van der Waals surface area contributed by atoms with Crippen molar-refractivity contribution in [2.45, 2.75) is 206 Å². The lowest BCUT2D eigenvalue weighted by Crippen LogP contribution is -2.10. The molecule has 0 aliphatic carbocycles. The van der Waals surface area contributed by atoms with Gasteiger partial charge in [-0.25, -0.2) is 4.57 Å². The quantitative estimate of drug-likeness (QED) is 0.0371. The molecule has 1 N–H and O–H groups in total. The van der Waals surface area contributed by atoms with Crippen LogP contribution in [0.4, 0.5) is 0 Å². The number of hydrogen-bond acceptors (Lipinski definition) is 7. The van der Waals surface area contributed by atoms with Crippen LogP contribution in [0.1, 0.15) is 206 Å². The van der Waals surface area contributed by atoms with Crippen molar-refractivity contribution >= 4 is 7.82 Å². The van der Waals surface area contributed by atoms with Crippen LogP contribution in [0, 0.1) is 0 Å². The summed E-state index contributed by atoms with van der Waals surface area (Å²) in [5, 5.41) is 0. The van der Waals surface area contributed by atoms with Gasteiger partial charge in [-0.1, -0.05) is 181 Å². The van der Waals surface area contributed by atoms with Gasteiger partial charge < -0.3 is 23.8 Å². The Hall–Kier alpha value is -0.890. The molecule has 0 aliphatic heterocycles. The van der Waals surface area contributed by atoms with Crippen molar-refractivity contribution in [3.63, 3.8) is 0 Å². The molecule has 8 nitrogen and oxygen atoms in total. The molecular weight excluding hydrogens is 687 g/mol. The Bertz CT molecular complexity index is 733. The zero-order valence-electron chi connectivity index (χ0n) is 34.9. The molecule has 0 atom stereocenters. The predicted molar refractivity (Wildman–Crippen MR) is 223 cm³/mol. The molecule has 0 saturated heterocycles. The second kappa shape index (κ2) is 45.5. The third kappa shape index (κ3) is 47.2. The zero-order chi connectivity index (χ0) is 38.4. The van der Waals surface area contributed by atoms with E-state index >= 15 is 0 Å². The van der Waals surface area contributed by atoms with E-state index in [-0.39, 0.29) is 26.4 Å². The molecule has 0 aromatic carbocycles. The lowest BCUT2D eigenvalue weighted by molar-refractivity contribution is 0.0384. The number of unbranched alkanes of at least 4 members (excludes halogenated alkanes) is 28. The van der Waals surface area contributed by atoms with Gasteiger partial charge in [0.25, 0.3) is 0 Å². The number of hydrogen-bond donors (Lipinski definition) is 1. The second-order valence-electron chi connectivity index (χ2n) is 14.6. The third-order valence-corrected chi connectivity index (χ3v) is 10.5. The van der Waals surface area contributed by atoms with Gasteiger partial charge in [0, 0.05) is 0 Å². The van der Waals surface area contributed by atoms with E-state index in [1.54, 1.807) is 12.5 Å². The first-order valence-corrected chi connectivity index (χ1v) is 23.9. The standard InChI is InChI=1S/C44H87O8P/c1-3-5-7-9-11-13-15-17-19-21-23-25-27-29-31-33-35-47-37-39-49-41-43-51-53(45,46)52-44-42-50-40-38-48-36-34-32-30-28-26-24-22-20-18-16-14-12-10-8-6-4-2/h33-36H,3-32,37-44H2,1-2H3,(H,45,46). The third-order valence-electron chi connectivity index (χ3n) is 9.49. The van der Waals surface area contributed by atoms with Crippen molar-refractivity contribution in [2.24, 2.45) is 0 Å². The summed E-state index contributed by atoms with van der Waals surface area (Å²) in [5.74, 6) is 0. The van der Waals surface area contributed by atoms with Crippen LogP contribution in [0.5, 0.6) is 0 Å². The predicted octanol–water partition coefficient (Wildman–Crippen LogP) is 14.0. The first-order valence-electron chi connectivity index (χ1n) is 22.4. The van der Waals surface area contributed by atoms with Crippen molar-refractivity contribution in [1.82, 2.24) is 0 Å². The molecule has 0 bridgehead atoms. The van der Waals surface area contributed by atoms with Crippen molar-refractivity contribution in [3.05, 3.63) is 24.7 Å². The summed E-state index contributed by atoms with van der Waals surface area (Å²) in [4.78, 5) is 9.79. The highest BCUT2D eigenvalue weighted by Crippen LogP contribution is 2.42. The molecule has 9 heteroatoms. The van der Waals surface area contributed by atoms with E-state index in [4.69, 9.17) is 28.0 Å². The summed E-state index contributed by atoms with van der Waals surface area (Å²) < 4.78 is 43.6. The average molecular weight is 775 g/mol.